The van der Waals surface area contributed by atoms with E-state index in [9.17, 15) is 4.39 Å². The van der Waals surface area contributed by atoms with E-state index in [1.807, 2.05) is 23.1 Å². The summed E-state index contributed by atoms with van der Waals surface area (Å²) in [7, 11) is 0. The van der Waals surface area contributed by atoms with E-state index in [2.05, 4.69) is 24.0 Å². The first-order valence-corrected chi connectivity index (χ1v) is 6.57. The van der Waals surface area contributed by atoms with E-state index in [1.165, 1.54) is 23.3 Å². The van der Waals surface area contributed by atoms with Crippen LogP contribution < -0.4 is 10.6 Å². The summed E-state index contributed by atoms with van der Waals surface area (Å²) in [6, 6.07) is 14.6. The Morgan fingerprint density at radius 1 is 1.20 bits per heavy atom. The summed E-state index contributed by atoms with van der Waals surface area (Å²) in [5.41, 5.74) is 9.08. The number of hydrogen-bond donors (Lipinski definition) is 1. The summed E-state index contributed by atoms with van der Waals surface area (Å²) in [6.45, 7) is 2.65. The fourth-order valence-corrected chi connectivity index (χ4v) is 2.63. The Labute approximate surface area is 117 Å². The van der Waals surface area contributed by atoms with Gasteiger partial charge in [0.15, 0.2) is 5.96 Å². The van der Waals surface area contributed by atoms with Gasteiger partial charge in [0, 0.05) is 5.69 Å². The highest BCUT2D eigenvalue weighted by Gasteiger charge is 2.29. The lowest BCUT2D eigenvalue weighted by molar-refractivity contribution is 0.626. The number of anilines is 1. The molecular weight excluding hydrogens is 253 g/mol. The van der Waals surface area contributed by atoms with Crippen LogP contribution in [0.3, 0.4) is 0 Å². The van der Waals surface area contributed by atoms with Crippen LogP contribution in [0.1, 0.15) is 17.2 Å². The molecule has 2 aromatic carbocycles. The molecule has 2 aromatic rings. The molecule has 1 unspecified atom stereocenters. The van der Waals surface area contributed by atoms with Gasteiger partial charge in [-0.2, -0.15) is 0 Å². The van der Waals surface area contributed by atoms with Crippen molar-refractivity contribution in [1.82, 2.24) is 0 Å². The summed E-state index contributed by atoms with van der Waals surface area (Å²) >= 11 is 0. The van der Waals surface area contributed by atoms with Crippen LogP contribution in [-0.4, -0.2) is 12.5 Å². The molecule has 102 valence electrons. The third-order valence-electron chi connectivity index (χ3n) is 3.62. The molecule has 0 saturated carbocycles. The third-order valence-corrected chi connectivity index (χ3v) is 3.62. The van der Waals surface area contributed by atoms with E-state index in [-0.39, 0.29) is 11.9 Å². The van der Waals surface area contributed by atoms with E-state index in [4.69, 9.17) is 5.73 Å². The topological polar surface area (TPSA) is 41.6 Å². The Balaban J connectivity index is 2.03. The van der Waals surface area contributed by atoms with Crippen LogP contribution in [0.15, 0.2) is 53.5 Å². The maximum absolute atomic E-state index is 13.4. The predicted octanol–water partition coefficient (Wildman–Crippen LogP) is 3.01. The molecular formula is C16H16FN3. The Kier molecular flexibility index (Phi) is 3.14. The number of hydrogen-bond acceptors (Lipinski definition) is 3. The second-order valence-electron chi connectivity index (χ2n) is 4.92. The average Bonchev–Trinajstić information content (AvgIpc) is 2.81. The smallest absolute Gasteiger partial charge is 0.196 e. The lowest BCUT2D eigenvalue weighted by atomic mass is 10.0. The van der Waals surface area contributed by atoms with Gasteiger partial charge in [0.2, 0.25) is 0 Å². The van der Waals surface area contributed by atoms with Crippen molar-refractivity contribution in [3.05, 3.63) is 65.5 Å². The molecule has 3 nitrogen and oxygen atoms in total. The summed E-state index contributed by atoms with van der Waals surface area (Å²) in [6.07, 6.45) is 0. The minimum absolute atomic E-state index is 0.0259. The molecule has 0 saturated heterocycles. The predicted molar refractivity (Wildman–Crippen MR) is 79.3 cm³/mol. The standard InChI is InChI=1S/C16H16FN3/c1-11-5-2-3-8-14(11)15-10-19-16(18)20(15)13-7-4-6-12(17)9-13/h2-9,15H,10H2,1H3,(H2,18,19). The number of guanidine groups is 1. The van der Waals surface area contributed by atoms with E-state index in [1.54, 1.807) is 6.07 Å². The highest BCUT2D eigenvalue weighted by atomic mass is 19.1. The van der Waals surface area contributed by atoms with Gasteiger partial charge in [0.25, 0.3) is 0 Å². The number of nitrogens with zero attached hydrogens (tertiary/aromatic N) is 2. The fourth-order valence-electron chi connectivity index (χ4n) is 2.63. The highest BCUT2D eigenvalue weighted by Crippen LogP contribution is 2.32. The Morgan fingerprint density at radius 3 is 2.75 bits per heavy atom. The van der Waals surface area contributed by atoms with Crippen molar-refractivity contribution in [2.45, 2.75) is 13.0 Å². The lowest BCUT2D eigenvalue weighted by Crippen LogP contribution is -2.36. The van der Waals surface area contributed by atoms with Crippen LogP contribution >= 0.6 is 0 Å². The van der Waals surface area contributed by atoms with Crippen molar-refractivity contribution < 1.29 is 4.39 Å². The summed E-state index contributed by atoms with van der Waals surface area (Å²) in [5, 5.41) is 0. The first-order chi connectivity index (χ1) is 9.66. The largest absolute Gasteiger partial charge is 0.369 e. The molecule has 20 heavy (non-hydrogen) atoms. The van der Waals surface area contributed by atoms with Crippen LogP contribution in [0.5, 0.6) is 0 Å². The van der Waals surface area contributed by atoms with Gasteiger partial charge in [-0.05, 0) is 36.2 Å². The van der Waals surface area contributed by atoms with E-state index < -0.39 is 0 Å². The Bertz CT molecular complexity index is 666. The SMILES string of the molecule is Cc1ccccc1C1CN=C(N)N1c1cccc(F)c1. The van der Waals surface area contributed by atoms with Crippen LogP contribution in [0.2, 0.25) is 0 Å². The number of benzene rings is 2. The number of aliphatic imine (C=N–C) groups is 1. The van der Waals surface area contributed by atoms with Crippen molar-refractivity contribution in [2.24, 2.45) is 10.7 Å². The summed E-state index contributed by atoms with van der Waals surface area (Å²) in [4.78, 5) is 6.21. The van der Waals surface area contributed by atoms with Crippen LogP contribution in [0, 0.1) is 12.7 Å². The molecule has 3 rings (SSSR count). The number of aryl methyl sites for hydroxylation is 1. The zero-order valence-corrected chi connectivity index (χ0v) is 11.3. The molecule has 4 heteroatoms. The lowest BCUT2D eigenvalue weighted by Gasteiger charge is -2.27. The van der Waals surface area contributed by atoms with Crippen LogP contribution in [-0.2, 0) is 0 Å². The van der Waals surface area contributed by atoms with Crippen molar-refractivity contribution in [2.75, 3.05) is 11.4 Å². The first-order valence-electron chi connectivity index (χ1n) is 6.57. The molecule has 1 atom stereocenters. The van der Waals surface area contributed by atoms with Crippen molar-refractivity contribution >= 4 is 11.6 Å². The van der Waals surface area contributed by atoms with Crippen molar-refractivity contribution in [1.29, 1.82) is 0 Å². The molecule has 0 aliphatic carbocycles. The van der Waals surface area contributed by atoms with Gasteiger partial charge in [-0.1, -0.05) is 30.3 Å². The molecule has 0 radical (unpaired) electrons. The molecule has 1 heterocycles. The molecule has 0 spiro atoms. The number of halogens is 1. The average molecular weight is 269 g/mol. The quantitative estimate of drug-likeness (QED) is 0.910. The van der Waals surface area contributed by atoms with Gasteiger partial charge in [-0.25, -0.2) is 4.39 Å². The Morgan fingerprint density at radius 2 is 2.00 bits per heavy atom. The second kappa shape index (κ2) is 4.96. The molecule has 1 aliphatic rings. The van der Waals surface area contributed by atoms with Gasteiger partial charge in [0.1, 0.15) is 5.82 Å². The van der Waals surface area contributed by atoms with E-state index in [0.717, 1.165) is 5.69 Å². The van der Waals surface area contributed by atoms with E-state index in [0.29, 0.717) is 12.5 Å². The molecule has 1 aliphatic heterocycles. The fraction of sp³-hybridized carbons (Fsp3) is 0.188. The third kappa shape index (κ3) is 2.13. The van der Waals surface area contributed by atoms with Gasteiger partial charge in [0.05, 0.1) is 12.6 Å². The zero-order valence-electron chi connectivity index (χ0n) is 11.3. The number of rotatable bonds is 2. The minimum Gasteiger partial charge on any atom is -0.369 e. The number of nitrogens with two attached hydrogens (primary N) is 1. The summed E-state index contributed by atoms with van der Waals surface area (Å²) < 4.78 is 13.4. The summed E-state index contributed by atoms with van der Waals surface area (Å²) in [5.74, 6) is 0.162. The van der Waals surface area contributed by atoms with Gasteiger partial charge in [-0.3, -0.25) is 4.99 Å². The van der Waals surface area contributed by atoms with E-state index >= 15 is 0 Å². The van der Waals surface area contributed by atoms with Crippen molar-refractivity contribution in [3.8, 4) is 0 Å². The maximum Gasteiger partial charge on any atom is 0.196 e. The van der Waals surface area contributed by atoms with Gasteiger partial charge < -0.3 is 10.6 Å². The van der Waals surface area contributed by atoms with Crippen molar-refractivity contribution in [3.63, 3.8) is 0 Å². The van der Waals surface area contributed by atoms with Gasteiger partial charge in [-0.15, -0.1) is 0 Å². The molecule has 0 fully saturated rings. The van der Waals surface area contributed by atoms with Crippen LogP contribution in [0.25, 0.3) is 0 Å². The molecule has 0 aromatic heterocycles. The molecule has 2 N–H and O–H groups in total. The molecule has 0 amide bonds. The Hall–Kier alpha value is -2.36. The maximum atomic E-state index is 13.4. The molecule has 0 bridgehead atoms. The second-order valence-corrected chi connectivity index (χ2v) is 4.92. The normalized spacial score (nSPS) is 18.2. The highest BCUT2D eigenvalue weighted by molar-refractivity contribution is 5.97. The minimum atomic E-state index is -0.272. The van der Waals surface area contributed by atoms with Gasteiger partial charge >= 0.3 is 0 Å². The van der Waals surface area contributed by atoms with Crippen LogP contribution in [0.4, 0.5) is 10.1 Å². The monoisotopic (exact) mass is 269 g/mol. The first kappa shape index (κ1) is 12.7. The zero-order chi connectivity index (χ0) is 14.1.